The van der Waals surface area contributed by atoms with Gasteiger partial charge in [0.15, 0.2) is 0 Å². The molecule has 0 radical (unpaired) electrons. The highest BCUT2D eigenvalue weighted by Crippen LogP contribution is 2.46. The van der Waals surface area contributed by atoms with E-state index in [1.165, 1.54) is 0 Å². The Morgan fingerprint density at radius 3 is 2.00 bits per heavy atom. The summed E-state index contributed by atoms with van der Waals surface area (Å²) in [6, 6.07) is -0.299. The Hall–Kier alpha value is -1.15. The molecule has 1 aliphatic rings. The van der Waals surface area contributed by atoms with E-state index in [4.69, 9.17) is 10.5 Å². The van der Waals surface area contributed by atoms with Gasteiger partial charge in [-0.3, -0.25) is 0 Å². The van der Waals surface area contributed by atoms with E-state index in [-0.39, 0.29) is 30.0 Å². The Morgan fingerprint density at radius 2 is 1.56 bits per heavy atom. The number of hydrogen-bond acceptors (Lipinski definition) is 2. The van der Waals surface area contributed by atoms with Crippen LogP contribution < -0.4 is 10.5 Å². The number of methoxy groups -OCH3 is 1. The molecule has 0 amide bonds. The molecule has 0 aromatic heterocycles. The molecule has 1 aromatic rings. The Morgan fingerprint density at radius 1 is 1.00 bits per heavy atom. The molecular weight excluding hydrogens is 372 g/mol. The molecular formula is C16H20ClF6NO. The number of rotatable bonds is 3. The first-order valence-corrected chi connectivity index (χ1v) is 7.67. The fraction of sp³-hybridized carbons (Fsp3) is 0.625. The van der Waals surface area contributed by atoms with Gasteiger partial charge in [0.25, 0.3) is 0 Å². The highest BCUT2D eigenvalue weighted by molar-refractivity contribution is 5.85. The molecule has 1 fully saturated rings. The Kier molecular flexibility index (Phi) is 7.03. The van der Waals surface area contributed by atoms with Crippen molar-refractivity contribution in [3.63, 3.8) is 0 Å². The van der Waals surface area contributed by atoms with Crippen molar-refractivity contribution in [1.82, 2.24) is 0 Å². The molecule has 2 N–H and O–H groups in total. The third-order valence-electron chi connectivity index (χ3n) is 4.49. The van der Waals surface area contributed by atoms with E-state index in [0.717, 1.165) is 26.4 Å². The Bertz CT molecular complexity index is 581. The molecule has 25 heavy (non-hydrogen) atoms. The molecule has 1 aromatic carbocycles. The predicted octanol–water partition coefficient (Wildman–Crippen LogP) is 5.73. The predicted molar refractivity (Wildman–Crippen MR) is 83.7 cm³/mol. The van der Waals surface area contributed by atoms with E-state index >= 15 is 0 Å². The second-order valence-electron chi connectivity index (χ2n) is 6.06. The van der Waals surface area contributed by atoms with Crippen LogP contribution in [-0.2, 0) is 12.4 Å². The van der Waals surface area contributed by atoms with E-state index in [1.807, 2.05) is 0 Å². The first-order chi connectivity index (χ1) is 11.1. The summed E-state index contributed by atoms with van der Waals surface area (Å²) in [5.74, 6) is -0.666. The normalized spacial score (nSPS) is 17.8. The van der Waals surface area contributed by atoms with Gasteiger partial charge in [-0.2, -0.15) is 26.3 Å². The summed E-state index contributed by atoms with van der Waals surface area (Å²) in [7, 11) is 1.05. The second kappa shape index (κ2) is 8.03. The molecule has 0 heterocycles. The van der Waals surface area contributed by atoms with Crippen LogP contribution in [0.25, 0.3) is 0 Å². The van der Waals surface area contributed by atoms with Crippen LogP contribution in [0.5, 0.6) is 5.75 Å². The second-order valence-corrected chi connectivity index (χ2v) is 6.06. The van der Waals surface area contributed by atoms with Crippen LogP contribution in [0, 0.1) is 5.92 Å². The monoisotopic (exact) mass is 391 g/mol. The van der Waals surface area contributed by atoms with Crippen LogP contribution in [0.15, 0.2) is 12.1 Å². The molecule has 0 aliphatic heterocycles. The van der Waals surface area contributed by atoms with Gasteiger partial charge in [0.1, 0.15) is 5.75 Å². The summed E-state index contributed by atoms with van der Waals surface area (Å²) in [6.45, 7) is 0. The number of ether oxygens (including phenoxy) is 1. The van der Waals surface area contributed by atoms with Crippen molar-refractivity contribution in [3.05, 3.63) is 28.8 Å². The van der Waals surface area contributed by atoms with Crippen LogP contribution in [0.1, 0.15) is 54.8 Å². The van der Waals surface area contributed by atoms with Crippen molar-refractivity contribution >= 4 is 12.4 Å². The van der Waals surface area contributed by atoms with Crippen LogP contribution >= 0.6 is 12.4 Å². The van der Waals surface area contributed by atoms with Crippen LogP contribution in [0.2, 0.25) is 0 Å². The molecule has 144 valence electrons. The van der Waals surface area contributed by atoms with Gasteiger partial charge in [0, 0.05) is 11.6 Å². The highest BCUT2D eigenvalue weighted by atomic mass is 35.5. The fourth-order valence-electron chi connectivity index (χ4n) is 3.27. The average Bonchev–Trinajstić information content (AvgIpc) is 2.52. The van der Waals surface area contributed by atoms with E-state index in [0.29, 0.717) is 18.9 Å². The molecule has 2 rings (SSSR count). The van der Waals surface area contributed by atoms with Gasteiger partial charge in [-0.05, 0) is 30.9 Å². The van der Waals surface area contributed by atoms with Gasteiger partial charge in [-0.1, -0.05) is 19.3 Å². The van der Waals surface area contributed by atoms with Gasteiger partial charge < -0.3 is 10.5 Å². The Labute approximate surface area is 148 Å². The van der Waals surface area contributed by atoms with Crippen LogP contribution in [0.4, 0.5) is 26.3 Å². The van der Waals surface area contributed by atoms with Crippen LogP contribution in [-0.4, -0.2) is 7.11 Å². The topological polar surface area (TPSA) is 35.2 Å². The lowest BCUT2D eigenvalue weighted by atomic mass is 9.79. The smallest absolute Gasteiger partial charge is 0.416 e. The zero-order chi connectivity index (χ0) is 18.1. The lowest BCUT2D eigenvalue weighted by molar-refractivity contribution is -0.143. The van der Waals surface area contributed by atoms with Crippen molar-refractivity contribution in [3.8, 4) is 5.75 Å². The maximum Gasteiger partial charge on any atom is 0.416 e. The lowest BCUT2D eigenvalue weighted by Gasteiger charge is -2.31. The Balaban J connectivity index is 0.00000312. The maximum atomic E-state index is 13.4. The summed E-state index contributed by atoms with van der Waals surface area (Å²) in [4.78, 5) is 0. The molecule has 1 atom stereocenters. The third-order valence-corrected chi connectivity index (χ3v) is 4.49. The first kappa shape index (κ1) is 21.9. The van der Waals surface area contributed by atoms with Gasteiger partial charge in [0.05, 0.1) is 18.2 Å². The van der Waals surface area contributed by atoms with Crippen molar-refractivity contribution in [2.75, 3.05) is 7.11 Å². The molecule has 2 nitrogen and oxygen atoms in total. The van der Waals surface area contributed by atoms with E-state index in [2.05, 4.69) is 0 Å². The van der Waals surface area contributed by atoms with Gasteiger partial charge >= 0.3 is 12.4 Å². The summed E-state index contributed by atoms with van der Waals surface area (Å²) >= 11 is 0. The molecule has 0 spiro atoms. The van der Waals surface area contributed by atoms with Gasteiger partial charge in [0.2, 0.25) is 0 Å². The zero-order valence-corrected chi connectivity index (χ0v) is 14.3. The maximum absolute atomic E-state index is 13.4. The highest BCUT2D eigenvalue weighted by Gasteiger charge is 2.42. The average molecular weight is 392 g/mol. The summed E-state index contributed by atoms with van der Waals surface area (Å²) < 4.78 is 83.7. The number of alkyl halides is 6. The van der Waals surface area contributed by atoms with Crippen molar-refractivity contribution in [1.29, 1.82) is 0 Å². The lowest BCUT2D eigenvalue weighted by Crippen LogP contribution is -2.27. The first-order valence-electron chi connectivity index (χ1n) is 7.67. The van der Waals surface area contributed by atoms with Gasteiger partial charge in [-0.15, -0.1) is 12.4 Å². The standard InChI is InChI=1S/C16H19F6NO.ClH/c1-24-12-8-10(15(17,18)19)7-11(16(20,21)22)13(12)14(23)9-5-3-2-4-6-9;/h7-9,14H,2-6,23H2,1H3;1H/t14-;/m1./s1. The van der Waals surface area contributed by atoms with E-state index in [1.54, 1.807) is 0 Å². The molecule has 0 bridgehead atoms. The largest absolute Gasteiger partial charge is 0.496 e. The van der Waals surface area contributed by atoms with Gasteiger partial charge in [-0.25, -0.2) is 0 Å². The number of nitrogens with two attached hydrogens (primary N) is 1. The third kappa shape index (κ3) is 4.94. The van der Waals surface area contributed by atoms with Crippen molar-refractivity contribution in [2.45, 2.75) is 50.5 Å². The molecule has 0 unspecified atom stereocenters. The number of halogens is 7. The SMILES string of the molecule is COc1cc(C(F)(F)F)cc(C(F)(F)F)c1[C@H](N)C1CCCCC1.Cl. The quantitative estimate of drug-likeness (QED) is 0.667. The summed E-state index contributed by atoms with van der Waals surface area (Å²) in [5.41, 5.74) is 2.89. The van der Waals surface area contributed by atoms with Crippen molar-refractivity contribution in [2.24, 2.45) is 11.7 Å². The minimum atomic E-state index is -4.95. The molecule has 9 heteroatoms. The molecule has 1 saturated carbocycles. The summed E-state index contributed by atoms with van der Waals surface area (Å²) in [5, 5.41) is 0. The molecule has 0 saturated heterocycles. The van der Waals surface area contributed by atoms with E-state index in [9.17, 15) is 26.3 Å². The zero-order valence-electron chi connectivity index (χ0n) is 13.5. The summed E-state index contributed by atoms with van der Waals surface area (Å²) in [6.07, 6.45) is -5.85. The fourth-order valence-corrected chi connectivity index (χ4v) is 3.27. The minimum Gasteiger partial charge on any atom is -0.496 e. The van der Waals surface area contributed by atoms with E-state index < -0.39 is 35.3 Å². The van der Waals surface area contributed by atoms with Crippen LogP contribution in [0.3, 0.4) is 0 Å². The number of hydrogen-bond donors (Lipinski definition) is 1. The van der Waals surface area contributed by atoms with Crippen molar-refractivity contribution < 1.29 is 31.1 Å². The minimum absolute atomic E-state index is 0. The molecule has 1 aliphatic carbocycles. The number of benzene rings is 1.